The molecule has 1 amide bonds. The van der Waals surface area contributed by atoms with Gasteiger partial charge in [0.1, 0.15) is 17.1 Å². The summed E-state index contributed by atoms with van der Waals surface area (Å²) in [7, 11) is 1.58. The van der Waals surface area contributed by atoms with Crippen LogP contribution in [0.5, 0.6) is 5.75 Å². The summed E-state index contributed by atoms with van der Waals surface area (Å²) >= 11 is 0. The van der Waals surface area contributed by atoms with E-state index >= 15 is 0 Å². The second kappa shape index (κ2) is 5.63. The molecule has 2 rings (SSSR count). The largest absolute Gasteiger partial charge is 0.496 e. The summed E-state index contributed by atoms with van der Waals surface area (Å²) in [5.74, 6) is 0.794. The number of ketones is 1. The van der Waals surface area contributed by atoms with Gasteiger partial charge in [-0.2, -0.15) is 0 Å². The van der Waals surface area contributed by atoms with E-state index in [4.69, 9.17) is 9.47 Å². The van der Waals surface area contributed by atoms with Crippen LogP contribution in [0.15, 0.2) is 18.2 Å². The van der Waals surface area contributed by atoms with Gasteiger partial charge in [0.2, 0.25) is 0 Å². The number of anilines is 1. The fourth-order valence-electron chi connectivity index (χ4n) is 2.52. The van der Waals surface area contributed by atoms with E-state index in [1.807, 2.05) is 0 Å². The van der Waals surface area contributed by atoms with Gasteiger partial charge in [0.05, 0.1) is 12.5 Å². The van der Waals surface area contributed by atoms with Crippen molar-refractivity contribution in [3.05, 3.63) is 23.8 Å². The Balaban J connectivity index is 2.25. The lowest BCUT2D eigenvalue weighted by atomic mass is 9.91. The smallest absolute Gasteiger partial charge is 0.412 e. The number of nitrogens with one attached hydrogen (secondary N) is 1. The van der Waals surface area contributed by atoms with E-state index in [0.29, 0.717) is 11.4 Å². The van der Waals surface area contributed by atoms with Crippen molar-refractivity contribution in [1.82, 2.24) is 0 Å². The summed E-state index contributed by atoms with van der Waals surface area (Å²) in [5, 5.41) is 2.70. The molecule has 0 saturated heterocycles. The van der Waals surface area contributed by atoms with E-state index in [1.165, 1.54) is 0 Å². The molecule has 0 radical (unpaired) electrons. The molecule has 1 aliphatic rings. The number of Topliss-reactive ketones (excluding diaryl/α,β-unsaturated/α-hetero) is 1. The van der Waals surface area contributed by atoms with Crippen LogP contribution in [0, 0.1) is 0 Å². The Morgan fingerprint density at radius 3 is 2.32 bits per heavy atom. The quantitative estimate of drug-likeness (QED) is 0.922. The molecule has 1 aromatic carbocycles. The zero-order valence-corrected chi connectivity index (χ0v) is 13.8. The van der Waals surface area contributed by atoms with Crippen molar-refractivity contribution >= 4 is 17.6 Å². The number of methoxy groups -OCH3 is 1. The number of rotatable bonds is 4. The fraction of sp³-hybridized carbons (Fsp3) is 0.529. The van der Waals surface area contributed by atoms with Crippen LogP contribution in [0.2, 0.25) is 0 Å². The van der Waals surface area contributed by atoms with Crippen LogP contribution in [0.1, 0.15) is 46.1 Å². The highest BCUT2D eigenvalue weighted by Gasteiger charge is 2.50. The molecule has 0 aliphatic heterocycles. The summed E-state index contributed by atoms with van der Waals surface area (Å²) in [6, 6.07) is 5.31. The minimum atomic E-state index is -0.559. The summed E-state index contributed by atoms with van der Waals surface area (Å²) < 4.78 is 10.6. The van der Waals surface area contributed by atoms with Gasteiger partial charge in [-0.05, 0) is 58.7 Å². The highest BCUT2D eigenvalue weighted by molar-refractivity contribution is 5.93. The molecule has 5 nitrogen and oxygen atoms in total. The predicted octanol–water partition coefficient (Wildman–Crippen LogP) is 3.66. The first kappa shape index (κ1) is 16.3. The first-order valence-electron chi connectivity index (χ1n) is 7.37. The van der Waals surface area contributed by atoms with E-state index in [9.17, 15) is 9.59 Å². The lowest BCUT2D eigenvalue weighted by Gasteiger charge is -2.21. The molecule has 0 unspecified atom stereocenters. The molecule has 0 bridgehead atoms. The number of hydrogen-bond donors (Lipinski definition) is 1. The summed E-state index contributed by atoms with van der Waals surface area (Å²) in [6.07, 6.45) is 1.11. The van der Waals surface area contributed by atoms with Crippen molar-refractivity contribution in [3.8, 4) is 5.75 Å². The normalized spacial score (nSPS) is 15.9. The maximum atomic E-state index is 12.0. The third-order valence-electron chi connectivity index (χ3n) is 3.78. The van der Waals surface area contributed by atoms with E-state index in [2.05, 4.69) is 5.32 Å². The van der Waals surface area contributed by atoms with Gasteiger partial charge < -0.3 is 9.47 Å². The van der Waals surface area contributed by atoms with Crippen LogP contribution < -0.4 is 10.1 Å². The van der Waals surface area contributed by atoms with Gasteiger partial charge in [-0.15, -0.1) is 0 Å². The Bertz CT molecular complexity index is 597. The monoisotopic (exact) mass is 305 g/mol. The summed E-state index contributed by atoms with van der Waals surface area (Å²) in [5.41, 5.74) is 0.404. The zero-order valence-electron chi connectivity index (χ0n) is 13.8. The minimum absolute atomic E-state index is 0.125. The SMILES string of the molecule is COc1ccc(NC(=O)OC(C)(C)C)cc1C1(C(C)=O)CC1. The minimum Gasteiger partial charge on any atom is -0.496 e. The number of hydrogen-bond acceptors (Lipinski definition) is 4. The third kappa shape index (κ3) is 3.40. The highest BCUT2D eigenvalue weighted by Crippen LogP contribution is 2.52. The molecular formula is C17H23NO4. The Morgan fingerprint density at radius 2 is 1.86 bits per heavy atom. The maximum Gasteiger partial charge on any atom is 0.412 e. The predicted molar refractivity (Wildman–Crippen MR) is 84.4 cm³/mol. The van der Waals surface area contributed by atoms with Gasteiger partial charge in [0, 0.05) is 11.3 Å². The van der Waals surface area contributed by atoms with Gasteiger partial charge in [-0.1, -0.05) is 0 Å². The van der Waals surface area contributed by atoms with Crippen molar-refractivity contribution in [2.24, 2.45) is 0 Å². The fourth-order valence-corrected chi connectivity index (χ4v) is 2.52. The van der Waals surface area contributed by atoms with Gasteiger partial charge in [-0.3, -0.25) is 10.1 Å². The molecule has 22 heavy (non-hydrogen) atoms. The van der Waals surface area contributed by atoms with Crippen LogP contribution in [-0.4, -0.2) is 24.6 Å². The number of carbonyl (C=O) groups is 2. The lowest BCUT2D eigenvalue weighted by molar-refractivity contribution is -0.119. The molecule has 0 spiro atoms. The number of ether oxygens (including phenoxy) is 2. The number of benzene rings is 1. The molecule has 0 atom stereocenters. The molecule has 0 heterocycles. The second-order valence-electron chi connectivity index (χ2n) is 6.68. The van der Waals surface area contributed by atoms with Gasteiger partial charge >= 0.3 is 6.09 Å². The van der Waals surface area contributed by atoms with Crippen LogP contribution in [-0.2, 0) is 14.9 Å². The standard InChI is InChI=1S/C17H23NO4/c1-11(19)17(8-9-17)13-10-12(6-7-14(13)21-5)18-15(20)22-16(2,3)4/h6-7,10H,8-9H2,1-5H3,(H,18,20). The third-order valence-corrected chi connectivity index (χ3v) is 3.78. The van der Waals surface area contributed by atoms with Crippen LogP contribution in [0.25, 0.3) is 0 Å². The molecule has 5 heteroatoms. The van der Waals surface area contributed by atoms with E-state index in [1.54, 1.807) is 53.0 Å². The van der Waals surface area contributed by atoms with Crippen LogP contribution in [0.4, 0.5) is 10.5 Å². The average molecular weight is 305 g/mol. The Kier molecular flexibility index (Phi) is 4.18. The number of amides is 1. The number of carbonyl (C=O) groups excluding carboxylic acids is 2. The van der Waals surface area contributed by atoms with Gasteiger partial charge in [0.15, 0.2) is 0 Å². The Morgan fingerprint density at radius 1 is 1.23 bits per heavy atom. The van der Waals surface area contributed by atoms with E-state index < -0.39 is 17.1 Å². The van der Waals surface area contributed by atoms with Crippen molar-refractivity contribution < 1.29 is 19.1 Å². The maximum absolute atomic E-state index is 12.0. The van der Waals surface area contributed by atoms with Gasteiger partial charge in [0.25, 0.3) is 0 Å². The van der Waals surface area contributed by atoms with Crippen molar-refractivity contribution in [3.63, 3.8) is 0 Å². The van der Waals surface area contributed by atoms with Crippen molar-refractivity contribution in [2.45, 2.75) is 51.6 Å². The molecule has 1 aromatic rings. The average Bonchev–Trinajstić information content (AvgIpc) is 3.17. The lowest BCUT2D eigenvalue weighted by Crippen LogP contribution is -2.27. The zero-order chi connectivity index (χ0) is 16.5. The first-order chi connectivity index (χ1) is 10.2. The topological polar surface area (TPSA) is 64.6 Å². The molecular weight excluding hydrogens is 282 g/mol. The Hall–Kier alpha value is -2.04. The van der Waals surface area contributed by atoms with Crippen LogP contribution in [0.3, 0.4) is 0 Å². The Labute approximate surface area is 131 Å². The molecule has 1 saturated carbocycles. The summed E-state index contributed by atoms with van der Waals surface area (Å²) in [6.45, 7) is 7.02. The molecule has 1 aliphatic carbocycles. The van der Waals surface area contributed by atoms with E-state index in [0.717, 1.165) is 18.4 Å². The van der Waals surface area contributed by atoms with Crippen molar-refractivity contribution in [2.75, 3.05) is 12.4 Å². The molecule has 1 fully saturated rings. The highest BCUT2D eigenvalue weighted by atomic mass is 16.6. The molecule has 0 aromatic heterocycles. The summed E-state index contributed by atoms with van der Waals surface area (Å²) in [4.78, 5) is 23.8. The molecule has 120 valence electrons. The van der Waals surface area contributed by atoms with Crippen molar-refractivity contribution in [1.29, 1.82) is 0 Å². The van der Waals surface area contributed by atoms with Crippen LogP contribution >= 0.6 is 0 Å². The first-order valence-corrected chi connectivity index (χ1v) is 7.37. The van der Waals surface area contributed by atoms with Gasteiger partial charge in [-0.25, -0.2) is 4.79 Å². The van der Waals surface area contributed by atoms with E-state index in [-0.39, 0.29) is 5.78 Å². The molecule has 1 N–H and O–H groups in total. The second-order valence-corrected chi connectivity index (χ2v) is 6.68.